The minimum absolute atomic E-state index is 0.0138. The Hall–Kier alpha value is -4.84. The number of benzene rings is 1. The Morgan fingerprint density at radius 3 is 1.96 bits per heavy atom. The number of nitrogens with zero attached hydrogens (tertiary/aromatic N) is 1. The van der Waals surface area contributed by atoms with Gasteiger partial charge < -0.3 is 69.9 Å². The van der Waals surface area contributed by atoms with Gasteiger partial charge in [0.15, 0.2) is 5.78 Å². The molecule has 3 amide bonds. The zero-order valence-electron chi connectivity index (χ0n) is 40.7. The first-order valence-corrected chi connectivity index (χ1v) is 23.4. The molecule has 1 aromatic carbocycles. The number of anilines is 1. The van der Waals surface area contributed by atoms with E-state index in [0.717, 1.165) is 24.1 Å². The van der Waals surface area contributed by atoms with Gasteiger partial charge in [-0.3, -0.25) is 19.2 Å². The number of hydrogen-bond donors (Lipinski definition) is 8. The molecule has 1 fully saturated rings. The quantitative estimate of drug-likeness (QED) is 0.0424. The van der Waals surface area contributed by atoms with Crippen LogP contribution >= 0.6 is 0 Å². The van der Waals surface area contributed by atoms with Crippen LogP contribution in [0, 0.1) is 11.7 Å². The molecule has 0 spiro atoms. The van der Waals surface area contributed by atoms with Crippen molar-refractivity contribution in [1.29, 1.82) is 0 Å². The number of nitrogens with one attached hydrogen (secondary N) is 2. The highest BCUT2D eigenvalue weighted by Crippen LogP contribution is 2.35. The van der Waals surface area contributed by atoms with Gasteiger partial charge in [-0.25, -0.2) is 8.78 Å². The second-order valence-corrected chi connectivity index (χ2v) is 15.6. The molecule has 70 heavy (non-hydrogen) atoms. The molecule has 1 aromatic rings. The van der Waals surface area contributed by atoms with Gasteiger partial charge in [-0.05, 0) is 81.5 Å². The highest BCUT2D eigenvalue weighted by Gasteiger charge is 2.44. The van der Waals surface area contributed by atoms with Crippen LogP contribution in [0.5, 0.6) is 0 Å². The topological polar surface area (TPSA) is 263 Å². The van der Waals surface area contributed by atoms with Crippen molar-refractivity contribution in [2.45, 2.75) is 89.9 Å². The molecule has 7 atom stereocenters. The number of carbonyl (C=O) groups is 4. The largest absolute Gasteiger partial charge is 0.394 e. The summed E-state index contributed by atoms with van der Waals surface area (Å²) in [5.41, 5.74) is 1.84. The Labute approximate surface area is 410 Å². The third-order valence-corrected chi connectivity index (χ3v) is 10.0. The van der Waals surface area contributed by atoms with Crippen molar-refractivity contribution >= 4 is 29.2 Å². The molecule has 4 rings (SSSR count). The van der Waals surface area contributed by atoms with E-state index in [2.05, 4.69) is 10.6 Å². The van der Waals surface area contributed by atoms with Gasteiger partial charge in [0, 0.05) is 24.8 Å². The van der Waals surface area contributed by atoms with E-state index in [1.54, 1.807) is 36.1 Å². The van der Waals surface area contributed by atoms with Gasteiger partial charge in [0.1, 0.15) is 55.9 Å². The molecule has 20 heteroatoms. The van der Waals surface area contributed by atoms with Crippen molar-refractivity contribution in [3.8, 4) is 0 Å². The van der Waals surface area contributed by atoms with Crippen molar-refractivity contribution in [3.05, 3.63) is 102 Å². The molecule has 0 saturated carbocycles. The number of aliphatic hydroxyl groups excluding tert-OH is 6. The zero-order chi connectivity index (χ0) is 52.1. The molecule has 7 unspecified atom stereocenters. The molecule has 1 saturated heterocycles. The van der Waals surface area contributed by atoms with E-state index < -0.39 is 43.4 Å². The van der Waals surface area contributed by atoms with Gasteiger partial charge in [-0.15, -0.1) is 0 Å². The van der Waals surface area contributed by atoms with Crippen LogP contribution in [0.25, 0.3) is 0 Å². The van der Waals surface area contributed by atoms with Gasteiger partial charge in [0.2, 0.25) is 17.7 Å². The summed E-state index contributed by atoms with van der Waals surface area (Å²) in [5, 5.41) is 61.5. The number of rotatable bonds is 29. The van der Waals surface area contributed by atoms with Crippen LogP contribution in [0.15, 0.2) is 96.4 Å². The predicted octanol–water partition coefficient (Wildman–Crippen LogP) is 2.47. The number of halogens is 2. The van der Waals surface area contributed by atoms with Crippen LogP contribution in [-0.2, 0) is 42.9 Å². The second-order valence-electron chi connectivity index (χ2n) is 15.6. The monoisotopic (exact) mass is 996 g/mol. The van der Waals surface area contributed by atoms with E-state index in [9.17, 15) is 53.5 Å². The summed E-state index contributed by atoms with van der Waals surface area (Å²) in [6, 6.07) is 6.07. The van der Waals surface area contributed by atoms with Crippen LogP contribution < -0.4 is 15.5 Å². The van der Waals surface area contributed by atoms with Crippen molar-refractivity contribution in [1.82, 2.24) is 10.6 Å². The number of aliphatic hydroxyl groups is 6. The maximum absolute atomic E-state index is 12.8. The molecule has 0 aromatic heterocycles. The molecule has 0 bridgehead atoms. The number of β-lactam (4-membered cyclic amide) rings is 1. The Bertz CT molecular complexity index is 1820. The average Bonchev–Trinajstić information content (AvgIpc) is 3.78. The van der Waals surface area contributed by atoms with Crippen molar-refractivity contribution in [2.24, 2.45) is 5.92 Å². The van der Waals surface area contributed by atoms with E-state index in [-0.39, 0.29) is 113 Å². The van der Waals surface area contributed by atoms with Crippen LogP contribution in [-0.4, -0.2) is 176 Å². The van der Waals surface area contributed by atoms with Crippen LogP contribution in [0.3, 0.4) is 0 Å². The normalized spacial score (nSPS) is 18.0. The molecule has 18 nitrogen and oxygen atoms in total. The Morgan fingerprint density at radius 2 is 1.34 bits per heavy atom. The van der Waals surface area contributed by atoms with E-state index in [1.807, 2.05) is 57.2 Å². The molecule has 1 aliphatic heterocycles. The minimum Gasteiger partial charge on any atom is -0.394 e. The van der Waals surface area contributed by atoms with Crippen LogP contribution in [0.1, 0.15) is 53.4 Å². The number of ether oxygens (including phenoxy) is 5. The van der Waals surface area contributed by atoms with Gasteiger partial charge in [-0.1, -0.05) is 62.5 Å². The lowest BCUT2D eigenvalue weighted by molar-refractivity contribution is -0.151. The SMILES string of the molecule is CC.CC(O)CCC1C(=O)N(c2ccc(F)cc2)C1C.FC1=CC=CCC=C1.O=C(COCCOCCOCC(=O)NCC1=CC=CC=CC1)NCCOCCOCC(=O)C(O)C(O)C(O)C(O)CO. The number of amides is 3. The summed E-state index contributed by atoms with van der Waals surface area (Å²) < 4.78 is 51.1. The molecule has 1 heterocycles. The molecule has 3 aliphatic rings. The molecule has 0 radical (unpaired) electrons. The van der Waals surface area contributed by atoms with Crippen molar-refractivity contribution < 1.29 is 82.3 Å². The Balaban J connectivity index is 0.000000703. The fourth-order valence-electron chi connectivity index (χ4n) is 6.17. The number of hydrogen-bond acceptors (Lipinski definition) is 15. The third kappa shape index (κ3) is 27.5. The van der Waals surface area contributed by atoms with Gasteiger partial charge in [-0.2, -0.15) is 0 Å². The molecule has 394 valence electrons. The van der Waals surface area contributed by atoms with Crippen LogP contribution in [0.4, 0.5) is 14.5 Å². The first kappa shape index (κ1) is 63.2. The fraction of sp³-hybridized carbons (Fsp3) is 0.560. The van der Waals surface area contributed by atoms with Crippen molar-refractivity contribution in [2.75, 3.05) is 90.7 Å². The summed E-state index contributed by atoms with van der Waals surface area (Å²) in [6.07, 6.45) is 13.1. The smallest absolute Gasteiger partial charge is 0.246 e. The average molecular weight is 996 g/mol. The summed E-state index contributed by atoms with van der Waals surface area (Å²) in [4.78, 5) is 49.0. The molecule has 2 aliphatic carbocycles. The summed E-state index contributed by atoms with van der Waals surface area (Å²) in [5.74, 6) is -1.90. The highest BCUT2D eigenvalue weighted by atomic mass is 19.1. The van der Waals surface area contributed by atoms with Gasteiger partial charge in [0.05, 0.1) is 64.9 Å². The number of carbonyl (C=O) groups excluding carboxylic acids is 4. The lowest BCUT2D eigenvalue weighted by Crippen LogP contribution is -2.59. The Morgan fingerprint density at radius 1 is 0.743 bits per heavy atom. The minimum atomic E-state index is -2.00. The van der Waals surface area contributed by atoms with Crippen molar-refractivity contribution in [3.63, 3.8) is 0 Å². The third-order valence-electron chi connectivity index (χ3n) is 10.0. The van der Waals surface area contributed by atoms with E-state index in [0.29, 0.717) is 19.4 Å². The lowest BCUT2D eigenvalue weighted by atomic mass is 9.83. The first-order valence-electron chi connectivity index (χ1n) is 23.4. The maximum Gasteiger partial charge on any atom is 0.246 e. The van der Waals surface area contributed by atoms with Gasteiger partial charge in [0.25, 0.3) is 0 Å². The summed E-state index contributed by atoms with van der Waals surface area (Å²) in [7, 11) is 0. The van der Waals surface area contributed by atoms with E-state index in [4.69, 9.17) is 28.8 Å². The molecular formula is C50H75F2N3O15. The van der Waals surface area contributed by atoms with Gasteiger partial charge >= 0.3 is 0 Å². The Kier molecular flexibility index (Phi) is 35.1. The summed E-state index contributed by atoms with van der Waals surface area (Å²) in [6.45, 7) is 7.97. The predicted molar refractivity (Wildman–Crippen MR) is 258 cm³/mol. The standard InChI is InChI=1S/C27H44N2O13.C14H18FNO2.C7H7F.C2H6/c30-16-21(31)25(35)27(37)26(36)22(32)17-40-12-9-38-8-7-28-23(33)18-41-13-10-39-11-14-42-19-24(34)29-15-20-5-3-1-2-4-6-20;1-9(17)3-8-13-10(2)16(14(13)18)12-6-4-11(15)5-7-12;8-7-5-3-1-2-4-6-7;1-2/h1-5,21,25-27,30-31,35-37H,6-19H2,(H,28,33)(H,29,34);4-7,9-10,13,17H,3,8H2,1-2H3;1,3-6H,2H2;1-2H3. The van der Waals surface area contributed by atoms with Crippen LogP contribution in [0.2, 0.25) is 0 Å². The fourth-order valence-corrected chi connectivity index (χ4v) is 6.17. The number of Topliss-reactive ketones (excluding diaryl/α,β-unsaturated/α-hetero) is 1. The highest BCUT2D eigenvalue weighted by molar-refractivity contribution is 6.02. The maximum atomic E-state index is 12.8. The van der Waals surface area contributed by atoms with E-state index in [1.165, 1.54) is 24.3 Å². The second kappa shape index (κ2) is 38.9. The summed E-state index contributed by atoms with van der Waals surface area (Å²) >= 11 is 0. The van der Waals surface area contributed by atoms with E-state index >= 15 is 0 Å². The molecule has 8 N–H and O–H groups in total. The first-order chi connectivity index (χ1) is 33.7. The zero-order valence-corrected chi connectivity index (χ0v) is 40.7. The lowest BCUT2D eigenvalue weighted by Gasteiger charge is -2.45. The number of ketones is 1. The number of allylic oxidation sites excluding steroid dienone is 11. The molecular weight excluding hydrogens is 921 g/mol.